The van der Waals surface area contributed by atoms with Gasteiger partial charge in [-0.2, -0.15) is 13.9 Å². The quantitative estimate of drug-likeness (QED) is 0.862. The number of fused-ring (bicyclic) bond motifs is 1. The van der Waals surface area contributed by atoms with Crippen LogP contribution in [0.1, 0.15) is 44.3 Å². The summed E-state index contributed by atoms with van der Waals surface area (Å²) >= 11 is 0. The largest absolute Gasteiger partial charge is 0.431 e. The van der Waals surface area contributed by atoms with E-state index in [9.17, 15) is 13.2 Å². The Balaban J connectivity index is 1.67. The standard InChI is InChI=1S/C18H21F3N4O/c1-8(2)25-14(16-11-4-10(19)5-12(11)16)6-13(24-25)9-3-15(26-18(20)21)17(22)23-7-9/h3,6-8,10-12,16,18H,4-5H2,1-2H3,(H2,22,23)/t10-,11-,12+,16-. The van der Waals surface area contributed by atoms with Crippen LogP contribution in [0.4, 0.5) is 19.0 Å². The van der Waals surface area contributed by atoms with Crippen LogP contribution in [0.3, 0.4) is 0 Å². The molecule has 0 aromatic carbocycles. The predicted molar refractivity (Wildman–Crippen MR) is 90.7 cm³/mol. The van der Waals surface area contributed by atoms with Crippen molar-refractivity contribution in [1.82, 2.24) is 14.8 Å². The zero-order valence-corrected chi connectivity index (χ0v) is 14.6. The molecule has 2 aromatic heterocycles. The number of halogens is 3. The van der Waals surface area contributed by atoms with E-state index in [0.717, 1.165) is 5.69 Å². The lowest BCUT2D eigenvalue weighted by atomic mass is 10.1. The van der Waals surface area contributed by atoms with Crippen molar-refractivity contribution in [2.45, 2.75) is 51.4 Å². The number of ether oxygens (including phenoxy) is 1. The number of hydrogen-bond acceptors (Lipinski definition) is 4. The van der Waals surface area contributed by atoms with Crippen molar-refractivity contribution in [2.75, 3.05) is 5.73 Å². The molecular weight excluding hydrogens is 345 g/mol. The highest BCUT2D eigenvalue weighted by Crippen LogP contribution is 2.64. The highest BCUT2D eigenvalue weighted by molar-refractivity contribution is 5.64. The minimum atomic E-state index is -2.97. The van der Waals surface area contributed by atoms with Gasteiger partial charge in [0.1, 0.15) is 6.17 Å². The van der Waals surface area contributed by atoms with Gasteiger partial charge in [-0.05, 0) is 50.7 Å². The number of nitrogen functional groups attached to an aromatic ring is 1. The van der Waals surface area contributed by atoms with E-state index < -0.39 is 12.8 Å². The lowest BCUT2D eigenvalue weighted by Gasteiger charge is -2.12. The minimum absolute atomic E-state index is 0.0942. The minimum Gasteiger partial charge on any atom is -0.431 e. The Morgan fingerprint density at radius 3 is 2.54 bits per heavy atom. The van der Waals surface area contributed by atoms with Crippen LogP contribution in [-0.4, -0.2) is 27.5 Å². The molecule has 2 fully saturated rings. The van der Waals surface area contributed by atoms with Gasteiger partial charge in [0.05, 0.1) is 5.69 Å². The fraction of sp³-hybridized carbons (Fsp3) is 0.556. The van der Waals surface area contributed by atoms with E-state index in [1.54, 1.807) is 0 Å². The first-order chi connectivity index (χ1) is 12.3. The van der Waals surface area contributed by atoms with Crippen molar-refractivity contribution in [1.29, 1.82) is 0 Å². The Labute approximate surface area is 149 Å². The Morgan fingerprint density at radius 1 is 1.23 bits per heavy atom. The first-order valence-corrected chi connectivity index (χ1v) is 8.79. The maximum atomic E-state index is 13.5. The number of hydrogen-bond donors (Lipinski definition) is 1. The van der Waals surface area contributed by atoms with Crippen LogP contribution in [0.25, 0.3) is 11.3 Å². The van der Waals surface area contributed by atoms with E-state index >= 15 is 0 Å². The second kappa shape index (κ2) is 6.17. The summed E-state index contributed by atoms with van der Waals surface area (Å²) in [7, 11) is 0. The Morgan fingerprint density at radius 2 is 1.92 bits per heavy atom. The smallest absolute Gasteiger partial charge is 0.387 e. The summed E-state index contributed by atoms with van der Waals surface area (Å²) in [5.74, 6) is 0.831. The molecule has 2 aliphatic rings. The van der Waals surface area contributed by atoms with Crippen LogP contribution in [0.15, 0.2) is 18.3 Å². The number of nitrogens with two attached hydrogens (primary N) is 1. The molecule has 2 saturated carbocycles. The molecule has 0 radical (unpaired) electrons. The van der Waals surface area contributed by atoms with Crippen molar-refractivity contribution < 1.29 is 17.9 Å². The highest BCUT2D eigenvalue weighted by atomic mass is 19.3. The zero-order chi connectivity index (χ0) is 18.6. The summed E-state index contributed by atoms with van der Waals surface area (Å²) < 4.78 is 44.9. The fourth-order valence-electron chi connectivity index (χ4n) is 4.21. The Kier molecular flexibility index (Phi) is 4.08. The van der Waals surface area contributed by atoms with Gasteiger partial charge in [-0.3, -0.25) is 4.68 Å². The third-order valence-corrected chi connectivity index (χ3v) is 5.38. The summed E-state index contributed by atoms with van der Waals surface area (Å²) in [6, 6.07) is 3.52. The first kappa shape index (κ1) is 17.2. The number of alkyl halides is 3. The molecule has 5 nitrogen and oxygen atoms in total. The average molecular weight is 366 g/mol. The lowest BCUT2D eigenvalue weighted by Crippen LogP contribution is -2.09. The molecule has 4 rings (SSSR count). The van der Waals surface area contributed by atoms with Gasteiger partial charge < -0.3 is 10.5 Å². The van der Waals surface area contributed by atoms with Crippen LogP contribution in [0.2, 0.25) is 0 Å². The van der Waals surface area contributed by atoms with E-state index in [2.05, 4.69) is 14.8 Å². The molecule has 2 N–H and O–H groups in total. The molecule has 0 spiro atoms. The molecule has 26 heavy (non-hydrogen) atoms. The van der Waals surface area contributed by atoms with Crippen molar-refractivity contribution in [3.8, 4) is 17.0 Å². The average Bonchev–Trinajstić information content (AvgIpc) is 2.94. The van der Waals surface area contributed by atoms with E-state index in [4.69, 9.17) is 5.73 Å². The Bertz CT molecular complexity index is 811. The molecule has 0 amide bonds. The van der Waals surface area contributed by atoms with Gasteiger partial charge in [0, 0.05) is 29.4 Å². The van der Waals surface area contributed by atoms with E-state index in [0.29, 0.717) is 41.9 Å². The van der Waals surface area contributed by atoms with Gasteiger partial charge >= 0.3 is 6.61 Å². The molecule has 2 aliphatic carbocycles. The molecule has 140 valence electrons. The van der Waals surface area contributed by atoms with Gasteiger partial charge in [0.15, 0.2) is 11.6 Å². The van der Waals surface area contributed by atoms with Crippen molar-refractivity contribution in [2.24, 2.45) is 11.8 Å². The second-order valence-corrected chi connectivity index (χ2v) is 7.40. The number of rotatable bonds is 5. The van der Waals surface area contributed by atoms with Gasteiger partial charge in [-0.25, -0.2) is 9.37 Å². The second-order valence-electron chi connectivity index (χ2n) is 7.40. The summed E-state index contributed by atoms with van der Waals surface area (Å²) in [6.07, 6.45) is 2.04. The van der Waals surface area contributed by atoms with Gasteiger partial charge in [0.2, 0.25) is 0 Å². The summed E-state index contributed by atoms with van der Waals surface area (Å²) in [4.78, 5) is 3.94. The SMILES string of the molecule is CC(C)n1nc(-c2cnc(N)c(OC(F)F)c2)cc1[C@@H]1[C@@H]2C[C@@H](F)C[C@@H]21. The molecule has 4 atom stereocenters. The first-order valence-electron chi connectivity index (χ1n) is 8.79. The molecule has 0 unspecified atom stereocenters. The third-order valence-electron chi connectivity index (χ3n) is 5.38. The predicted octanol–water partition coefficient (Wildman–Crippen LogP) is 4.17. The van der Waals surface area contributed by atoms with Crippen molar-refractivity contribution in [3.63, 3.8) is 0 Å². The number of aromatic nitrogens is 3. The van der Waals surface area contributed by atoms with Crippen LogP contribution in [-0.2, 0) is 0 Å². The highest BCUT2D eigenvalue weighted by Gasteiger charge is 2.58. The molecule has 8 heteroatoms. The summed E-state index contributed by atoms with van der Waals surface area (Å²) in [6.45, 7) is 1.09. The summed E-state index contributed by atoms with van der Waals surface area (Å²) in [5.41, 5.74) is 7.86. The molecular formula is C18H21F3N4O. The van der Waals surface area contributed by atoms with E-state index in [1.807, 2.05) is 24.6 Å². The Hall–Kier alpha value is -2.25. The van der Waals surface area contributed by atoms with Gasteiger partial charge in [-0.1, -0.05) is 0 Å². The molecule has 2 heterocycles. The van der Waals surface area contributed by atoms with E-state index in [1.165, 1.54) is 12.3 Å². The fourth-order valence-corrected chi connectivity index (χ4v) is 4.21. The maximum absolute atomic E-state index is 13.5. The number of anilines is 1. The van der Waals surface area contributed by atoms with Crippen molar-refractivity contribution in [3.05, 3.63) is 24.0 Å². The van der Waals surface area contributed by atoms with Crippen LogP contribution >= 0.6 is 0 Å². The van der Waals surface area contributed by atoms with Gasteiger partial charge in [-0.15, -0.1) is 0 Å². The van der Waals surface area contributed by atoms with Crippen LogP contribution < -0.4 is 10.5 Å². The topological polar surface area (TPSA) is 66.0 Å². The molecule has 0 aliphatic heterocycles. The number of pyridine rings is 1. The number of nitrogens with zero attached hydrogens (tertiary/aromatic N) is 3. The monoisotopic (exact) mass is 366 g/mol. The van der Waals surface area contributed by atoms with Crippen LogP contribution in [0.5, 0.6) is 5.75 Å². The zero-order valence-electron chi connectivity index (χ0n) is 14.6. The van der Waals surface area contributed by atoms with E-state index in [-0.39, 0.29) is 17.6 Å². The van der Waals surface area contributed by atoms with Gasteiger partial charge in [0.25, 0.3) is 0 Å². The van der Waals surface area contributed by atoms with Crippen LogP contribution in [0, 0.1) is 11.8 Å². The van der Waals surface area contributed by atoms with Crippen molar-refractivity contribution >= 4 is 5.82 Å². The molecule has 0 saturated heterocycles. The maximum Gasteiger partial charge on any atom is 0.387 e. The normalized spacial score (nSPS) is 27.2. The summed E-state index contributed by atoms with van der Waals surface area (Å²) in [5, 5.41) is 4.64. The molecule has 2 aromatic rings. The third kappa shape index (κ3) is 2.91. The lowest BCUT2D eigenvalue weighted by molar-refractivity contribution is -0.0494. The molecule has 0 bridgehead atoms.